The normalized spacial score (nSPS) is 18.9. The van der Waals surface area contributed by atoms with Crippen molar-refractivity contribution in [3.05, 3.63) is 203 Å². The van der Waals surface area contributed by atoms with Crippen LogP contribution < -0.4 is 9.47 Å². The van der Waals surface area contributed by atoms with Gasteiger partial charge in [-0.15, -0.1) is 0 Å². The van der Waals surface area contributed by atoms with Crippen molar-refractivity contribution in [3.63, 3.8) is 0 Å². The fourth-order valence-corrected chi connectivity index (χ4v) is 12.3. The molecule has 2 fully saturated rings. The average Bonchev–Trinajstić information content (AvgIpc) is 3.99. The largest absolute Gasteiger partial charge is 0.573 e. The molecular formula is C49H46O15S2. The zero-order valence-corrected chi connectivity index (χ0v) is 37.4. The maximum absolute atomic E-state index is 15.1. The minimum absolute atomic E-state index is 0.228. The first-order chi connectivity index (χ1) is 32.1. The van der Waals surface area contributed by atoms with E-state index in [1.165, 1.54) is 14.2 Å². The van der Waals surface area contributed by atoms with Crippen molar-refractivity contribution in [2.24, 2.45) is 0 Å². The van der Waals surface area contributed by atoms with Crippen LogP contribution in [-0.4, -0.2) is 88.1 Å². The monoisotopic (exact) mass is 938 g/mol. The zero-order chi connectivity index (χ0) is 46.2. The van der Waals surface area contributed by atoms with Crippen LogP contribution >= 0.6 is 0 Å². The van der Waals surface area contributed by atoms with Crippen LogP contribution in [0.5, 0.6) is 11.5 Å². The van der Waals surface area contributed by atoms with Gasteiger partial charge in [-0.2, -0.15) is 31.4 Å². The van der Waals surface area contributed by atoms with Gasteiger partial charge in [-0.05, 0) is 34.4 Å². The molecule has 0 saturated carbocycles. The van der Waals surface area contributed by atoms with E-state index < -0.39 is 60.3 Å². The second-order valence-electron chi connectivity index (χ2n) is 15.2. The first-order valence-corrected chi connectivity index (χ1v) is 23.6. The molecule has 0 aromatic heterocycles. The summed E-state index contributed by atoms with van der Waals surface area (Å²) in [4.78, 5) is 33.6. The molecule has 0 bridgehead atoms. The maximum atomic E-state index is 15.1. The lowest BCUT2D eigenvalue weighted by Crippen LogP contribution is -2.44. The van der Waals surface area contributed by atoms with E-state index in [1.807, 2.05) is 0 Å². The molecule has 2 aliphatic rings. The standard InChI is InChI=1S/C49H46O15S2/c1-55-41-29-17-15-27-39(41)48(35-19-7-3-8-20-35,36-21-9-4-10-22-36)65(51,52)63-45-33-57-31-43(45)59-61-47(50)62-60-44-32-58-34-46(44)64-66(53,54)49(37-23-11-5-12-24-37,38-25-13-6-14-26-38)40-28-16-18-30-42(40)56-2/h3-30,43-46H,31-34H2,1-2H3. The number of hydrogen-bond acceptors (Lipinski definition) is 15. The lowest BCUT2D eigenvalue weighted by Gasteiger charge is -2.36. The molecule has 0 spiro atoms. The van der Waals surface area contributed by atoms with Crippen molar-refractivity contribution in [3.8, 4) is 11.5 Å². The zero-order valence-electron chi connectivity index (χ0n) is 35.7. The number of methoxy groups -OCH3 is 2. The van der Waals surface area contributed by atoms with Crippen molar-refractivity contribution in [1.82, 2.24) is 0 Å². The Balaban J connectivity index is 0.990. The van der Waals surface area contributed by atoms with Crippen LogP contribution in [0.15, 0.2) is 170 Å². The van der Waals surface area contributed by atoms with E-state index in [1.54, 1.807) is 170 Å². The van der Waals surface area contributed by atoms with Crippen LogP contribution in [0.3, 0.4) is 0 Å². The Labute approximate surface area is 382 Å². The number of hydrogen-bond donors (Lipinski definition) is 0. The minimum Gasteiger partial charge on any atom is -0.496 e. The van der Waals surface area contributed by atoms with Gasteiger partial charge < -0.3 is 18.9 Å². The van der Waals surface area contributed by atoms with Gasteiger partial charge in [0, 0.05) is 11.1 Å². The number of carbonyl (C=O) groups is 1. The average molecular weight is 939 g/mol. The third kappa shape index (κ3) is 8.79. The van der Waals surface area contributed by atoms with Crippen molar-refractivity contribution < 1.29 is 68.5 Å². The summed E-state index contributed by atoms with van der Waals surface area (Å²) in [6.07, 6.45) is -6.65. The Hall–Kier alpha value is -6.15. The van der Waals surface area contributed by atoms with Crippen molar-refractivity contribution >= 4 is 26.4 Å². The highest BCUT2D eigenvalue weighted by Gasteiger charge is 2.55. The molecule has 2 aliphatic heterocycles. The molecule has 344 valence electrons. The Morgan fingerprint density at radius 3 is 1.05 bits per heavy atom. The highest BCUT2D eigenvalue weighted by molar-refractivity contribution is 7.88. The second kappa shape index (κ2) is 20.2. The Morgan fingerprint density at radius 2 is 0.727 bits per heavy atom. The molecule has 0 aliphatic carbocycles. The topological polar surface area (TPSA) is 178 Å². The Bertz CT molecular complexity index is 2510. The Morgan fingerprint density at radius 1 is 0.439 bits per heavy atom. The fourth-order valence-electron chi connectivity index (χ4n) is 8.44. The highest BCUT2D eigenvalue weighted by atomic mass is 32.2. The molecule has 0 radical (unpaired) electrons. The van der Waals surface area contributed by atoms with Crippen molar-refractivity contribution in [1.29, 1.82) is 0 Å². The molecule has 4 atom stereocenters. The van der Waals surface area contributed by atoms with Gasteiger partial charge in [0.25, 0.3) is 20.2 Å². The predicted octanol–water partition coefficient (Wildman–Crippen LogP) is 7.23. The van der Waals surface area contributed by atoms with Gasteiger partial charge in [0.15, 0.2) is 21.7 Å². The molecule has 2 heterocycles. The molecule has 66 heavy (non-hydrogen) atoms. The maximum Gasteiger partial charge on any atom is 0.573 e. The summed E-state index contributed by atoms with van der Waals surface area (Å²) in [5, 5.41) is 0. The van der Waals surface area contributed by atoms with E-state index in [9.17, 15) is 4.79 Å². The predicted molar refractivity (Wildman–Crippen MR) is 238 cm³/mol. The van der Waals surface area contributed by atoms with Crippen molar-refractivity contribution in [2.75, 3.05) is 40.6 Å². The van der Waals surface area contributed by atoms with Crippen molar-refractivity contribution in [2.45, 2.75) is 33.9 Å². The molecule has 6 aromatic carbocycles. The lowest BCUT2D eigenvalue weighted by molar-refractivity contribution is -0.352. The van der Waals surface area contributed by atoms with Crippen LogP contribution in [0.25, 0.3) is 0 Å². The van der Waals surface area contributed by atoms with Gasteiger partial charge in [-0.3, -0.25) is 18.1 Å². The number of para-hydroxylation sites is 2. The molecule has 17 heteroatoms. The van der Waals surface area contributed by atoms with Crippen LogP contribution in [0, 0.1) is 0 Å². The molecule has 2 saturated heterocycles. The van der Waals surface area contributed by atoms with Crippen LogP contribution in [0.1, 0.15) is 33.4 Å². The summed E-state index contributed by atoms with van der Waals surface area (Å²) >= 11 is 0. The van der Waals surface area contributed by atoms with Gasteiger partial charge >= 0.3 is 6.16 Å². The first-order valence-electron chi connectivity index (χ1n) is 20.8. The third-order valence-corrected chi connectivity index (χ3v) is 15.3. The highest BCUT2D eigenvalue weighted by Crippen LogP contribution is 2.50. The summed E-state index contributed by atoms with van der Waals surface area (Å²) in [7, 11) is -6.63. The molecule has 6 aromatic rings. The lowest BCUT2D eigenvalue weighted by atomic mass is 9.83. The van der Waals surface area contributed by atoms with E-state index in [0.717, 1.165) is 0 Å². The summed E-state index contributed by atoms with van der Waals surface area (Å²) < 4.78 is 90.9. The molecule has 15 nitrogen and oxygen atoms in total. The number of ether oxygens (including phenoxy) is 4. The number of rotatable bonds is 18. The quantitative estimate of drug-likeness (QED) is 0.0365. The minimum atomic E-state index is -4.76. The van der Waals surface area contributed by atoms with Gasteiger partial charge in [0.1, 0.15) is 23.7 Å². The third-order valence-electron chi connectivity index (χ3n) is 11.4. The number of carbonyl (C=O) groups excluding carboxylic acids is 1. The van der Waals surface area contributed by atoms with E-state index in [0.29, 0.717) is 33.8 Å². The Kier molecular flexibility index (Phi) is 14.2. The summed E-state index contributed by atoms with van der Waals surface area (Å²) in [5.74, 6) is 0.583. The van der Waals surface area contributed by atoms with Crippen LogP contribution in [-0.2, 0) is 67.1 Å². The molecule has 8 rings (SSSR count). The smallest absolute Gasteiger partial charge is 0.496 e. The van der Waals surface area contributed by atoms with E-state index >= 15 is 16.8 Å². The summed E-state index contributed by atoms with van der Waals surface area (Å²) in [6, 6.07) is 47.8. The van der Waals surface area contributed by atoms with Crippen LogP contribution in [0.2, 0.25) is 0 Å². The van der Waals surface area contributed by atoms with E-state index in [2.05, 4.69) is 0 Å². The SMILES string of the molecule is COc1ccccc1C(c1ccccc1)(c1ccccc1)S(=O)(=O)OC1COCC1OOC(=O)OOC1COCC1OS(=O)(=O)C(c1ccccc1)(c1ccccc1)c1ccccc1OC. The summed E-state index contributed by atoms with van der Waals surface area (Å²) in [6.45, 7) is -0.958. The van der Waals surface area contributed by atoms with Gasteiger partial charge in [0.2, 0.25) is 0 Å². The van der Waals surface area contributed by atoms with E-state index in [-0.39, 0.29) is 37.6 Å². The number of benzene rings is 6. The molecular weight excluding hydrogens is 893 g/mol. The molecule has 4 unspecified atom stereocenters. The summed E-state index contributed by atoms with van der Waals surface area (Å²) in [5.41, 5.74) is 2.04. The van der Waals surface area contributed by atoms with Gasteiger partial charge in [0.05, 0.1) is 40.6 Å². The molecule has 0 N–H and O–H groups in total. The fraction of sp³-hybridized carbons (Fsp3) is 0.245. The van der Waals surface area contributed by atoms with Gasteiger partial charge in [-0.1, -0.05) is 158 Å². The first kappa shape index (κ1) is 46.4. The van der Waals surface area contributed by atoms with E-state index in [4.69, 9.17) is 46.9 Å². The second-order valence-corrected chi connectivity index (χ2v) is 18.6. The van der Waals surface area contributed by atoms with Gasteiger partial charge in [-0.25, -0.2) is 0 Å². The van der Waals surface area contributed by atoms with Crippen LogP contribution in [0.4, 0.5) is 4.79 Å². The molecule has 0 amide bonds.